The zero-order valence-corrected chi connectivity index (χ0v) is 13.3. The second-order valence-electron chi connectivity index (χ2n) is 5.49. The standard InChI is InChI=1S/C17H16F2N4O/c1-22(17(24)21-13-8-7-11(18)9-12(13)19)10-16-20-14-5-3-4-6-15(14)23(16)2/h3-9H,10H2,1-2H3,(H,21,24). The van der Waals surface area contributed by atoms with Crippen molar-refractivity contribution in [3.8, 4) is 0 Å². The maximum atomic E-state index is 13.6. The van der Waals surface area contributed by atoms with E-state index < -0.39 is 17.7 Å². The number of carbonyl (C=O) groups is 1. The van der Waals surface area contributed by atoms with Gasteiger partial charge in [-0.2, -0.15) is 0 Å². The summed E-state index contributed by atoms with van der Waals surface area (Å²) < 4.78 is 28.4. The van der Waals surface area contributed by atoms with E-state index >= 15 is 0 Å². The van der Waals surface area contributed by atoms with Crippen molar-refractivity contribution in [2.75, 3.05) is 12.4 Å². The molecule has 1 N–H and O–H groups in total. The molecule has 5 nitrogen and oxygen atoms in total. The Morgan fingerprint density at radius 3 is 2.71 bits per heavy atom. The van der Waals surface area contributed by atoms with Gasteiger partial charge in [-0.15, -0.1) is 0 Å². The molecule has 0 saturated carbocycles. The summed E-state index contributed by atoms with van der Waals surface area (Å²) in [4.78, 5) is 18.1. The Morgan fingerprint density at radius 1 is 1.25 bits per heavy atom. The molecule has 1 aromatic heterocycles. The Hall–Kier alpha value is -2.96. The van der Waals surface area contributed by atoms with Crippen molar-refractivity contribution in [1.29, 1.82) is 0 Å². The van der Waals surface area contributed by atoms with E-state index in [1.165, 1.54) is 11.0 Å². The van der Waals surface area contributed by atoms with E-state index in [1.54, 1.807) is 7.05 Å². The van der Waals surface area contributed by atoms with Crippen LogP contribution in [0.4, 0.5) is 19.3 Å². The topological polar surface area (TPSA) is 50.2 Å². The van der Waals surface area contributed by atoms with E-state index in [2.05, 4.69) is 10.3 Å². The zero-order chi connectivity index (χ0) is 17.3. The highest BCUT2D eigenvalue weighted by Gasteiger charge is 2.15. The molecule has 2 aromatic carbocycles. The number of carbonyl (C=O) groups excluding carboxylic acids is 1. The first-order chi connectivity index (χ1) is 11.5. The van der Waals surface area contributed by atoms with Crippen LogP contribution in [0.15, 0.2) is 42.5 Å². The minimum atomic E-state index is -0.820. The number of anilines is 1. The molecule has 124 valence electrons. The molecule has 0 bridgehead atoms. The quantitative estimate of drug-likeness (QED) is 0.799. The van der Waals surface area contributed by atoms with Gasteiger partial charge in [-0.05, 0) is 24.3 Å². The summed E-state index contributed by atoms with van der Waals surface area (Å²) in [6.45, 7) is 0.250. The van der Waals surface area contributed by atoms with Gasteiger partial charge in [-0.3, -0.25) is 0 Å². The van der Waals surface area contributed by atoms with Crippen molar-refractivity contribution in [2.24, 2.45) is 7.05 Å². The SMILES string of the molecule is CN(Cc1nc2ccccc2n1C)C(=O)Nc1ccc(F)cc1F. The summed E-state index contributed by atoms with van der Waals surface area (Å²) in [6.07, 6.45) is 0. The molecule has 3 rings (SSSR count). The monoisotopic (exact) mass is 330 g/mol. The molecule has 0 fully saturated rings. The molecule has 0 aliphatic heterocycles. The third-order valence-electron chi connectivity index (χ3n) is 3.78. The number of nitrogens with zero attached hydrogens (tertiary/aromatic N) is 3. The van der Waals surface area contributed by atoms with E-state index in [9.17, 15) is 13.6 Å². The van der Waals surface area contributed by atoms with Gasteiger partial charge in [0.2, 0.25) is 0 Å². The van der Waals surface area contributed by atoms with E-state index in [4.69, 9.17) is 0 Å². The number of urea groups is 1. The van der Waals surface area contributed by atoms with Crippen LogP contribution in [-0.2, 0) is 13.6 Å². The second-order valence-corrected chi connectivity index (χ2v) is 5.49. The number of hydrogen-bond acceptors (Lipinski definition) is 2. The van der Waals surface area contributed by atoms with Gasteiger partial charge in [-0.1, -0.05) is 12.1 Å². The molecule has 7 heteroatoms. The van der Waals surface area contributed by atoms with Gasteiger partial charge in [0.05, 0.1) is 23.3 Å². The average Bonchev–Trinajstić information content (AvgIpc) is 2.86. The molecular weight excluding hydrogens is 314 g/mol. The summed E-state index contributed by atoms with van der Waals surface area (Å²) in [7, 11) is 3.45. The maximum Gasteiger partial charge on any atom is 0.322 e. The number of amides is 2. The molecule has 1 heterocycles. The molecule has 24 heavy (non-hydrogen) atoms. The Morgan fingerprint density at radius 2 is 2.00 bits per heavy atom. The van der Waals surface area contributed by atoms with Gasteiger partial charge < -0.3 is 14.8 Å². The van der Waals surface area contributed by atoms with Gasteiger partial charge in [-0.25, -0.2) is 18.6 Å². The van der Waals surface area contributed by atoms with Gasteiger partial charge in [0.1, 0.15) is 17.5 Å². The predicted octanol–water partition coefficient (Wildman–Crippen LogP) is 3.52. The number of hydrogen-bond donors (Lipinski definition) is 1. The second kappa shape index (κ2) is 6.27. The van der Waals surface area contributed by atoms with Crippen LogP contribution in [0.3, 0.4) is 0 Å². The largest absolute Gasteiger partial charge is 0.330 e. The van der Waals surface area contributed by atoms with Crippen molar-refractivity contribution in [3.63, 3.8) is 0 Å². The minimum Gasteiger partial charge on any atom is -0.330 e. The smallest absolute Gasteiger partial charge is 0.322 e. The van der Waals surface area contributed by atoms with Crippen LogP contribution in [0.25, 0.3) is 11.0 Å². The van der Waals surface area contributed by atoms with Crippen molar-refractivity contribution in [2.45, 2.75) is 6.54 Å². The molecule has 0 aliphatic carbocycles. The Labute approximate surface area is 137 Å². The summed E-state index contributed by atoms with van der Waals surface area (Å²) in [5.41, 5.74) is 1.73. The van der Waals surface area contributed by atoms with E-state index in [0.717, 1.165) is 23.2 Å². The van der Waals surface area contributed by atoms with Crippen molar-refractivity contribution < 1.29 is 13.6 Å². The first kappa shape index (κ1) is 15.9. The fraction of sp³-hybridized carbons (Fsp3) is 0.176. The predicted molar refractivity (Wildman–Crippen MR) is 87.6 cm³/mol. The Balaban J connectivity index is 1.74. The normalized spacial score (nSPS) is 10.8. The third kappa shape index (κ3) is 3.05. The maximum absolute atomic E-state index is 13.6. The van der Waals surface area contributed by atoms with E-state index in [1.807, 2.05) is 35.9 Å². The summed E-state index contributed by atoms with van der Waals surface area (Å²) in [5.74, 6) is -0.813. The number of halogens is 2. The molecular formula is C17H16F2N4O. The van der Waals surface area contributed by atoms with Crippen LogP contribution in [0.2, 0.25) is 0 Å². The van der Waals surface area contributed by atoms with Gasteiger partial charge in [0.25, 0.3) is 0 Å². The lowest BCUT2D eigenvalue weighted by Gasteiger charge is -2.18. The van der Waals surface area contributed by atoms with Crippen LogP contribution < -0.4 is 5.32 Å². The molecule has 0 saturated heterocycles. The van der Waals surface area contributed by atoms with Crippen LogP contribution in [-0.4, -0.2) is 27.5 Å². The fourth-order valence-corrected chi connectivity index (χ4v) is 2.42. The lowest BCUT2D eigenvalue weighted by Crippen LogP contribution is -2.32. The minimum absolute atomic E-state index is 0.0711. The number of imidazole rings is 1. The van der Waals surface area contributed by atoms with Crippen molar-refractivity contribution in [1.82, 2.24) is 14.5 Å². The molecule has 0 aliphatic rings. The lowest BCUT2D eigenvalue weighted by molar-refractivity contribution is 0.219. The highest BCUT2D eigenvalue weighted by Crippen LogP contribution is 2.17. The number of para-hydroxylation sites is 2. The zero-order valence-electron chi connectivity index (χ0n) is 13.3. The first-order valence-electron chi connectivity index (χ1n) is 7.33. The van der Waals surface area contributed by atoms with Crippen LogP contribution in [0, 0.1) is 11.6 Å². The van der Waals surface area contributed by atoms with E-state index in [-0.39, 0.29) is 12.2 Å². The number of aryl methyl sites for hydroxylation is 1. The number of fused-ring (bicyclic) bond motifs is 1. The highest BCUT2D eigenvalue weighted by molar-refractivity contribution is 5.89. The summed E-state index contributed by atoms with van der Waals surface area (Å²) in [5, 5.41) is 2.42. The van der Waals surface area contributed by atoms with Crippen molar-refractivity contribution >= 4 is 22.8 Å². The van der Waals surface area contributed by atoms with Gasteiger partial charge >= 0.3 is 6.03 Å². The molecule has 0 atom stereocenters. The first-order valence-corrected chi connectivity index (χ1v) is 7.33. The van der Waals surface area contributed by atoms with Crippen LogP contribution >= 0.6 is 0 Å². The molecule has 3 aromatic rings. The van der Waals surface area contributed by atoms with Gasteiger partial charge in [0, 0.05) is 20.2 Å². The number of nitrogens with one attached hydrogen (secondary N) is 1. The average molecular weight is 330 g/mol. The molecule has 2 amide bonds. The summed E-state index contributed by atoms with van der Waals surface area (Å²) in [6, 6.07) is 10.1. The number of aromatic nitrogens is 2. The van der Waals surface area contributed by atoms with Crippen LogP contribution in [0.1, 0.15) is 5.82 Å². The lowest BCUT2D eigenvalue weighted by atomic mass is 10.3. The third-order valence-corrected chi connectivity index (χ3v) is 3.78. The Kier molecular flexibility index (Phi) is 4.16. The highest BCUT2D eigenvalue weighted by atomic mass is 19.1. The molecule has 0 radical (unpaired) electrons. The van der Waals surface area contributed by atoms with Crippen LogP contribution in [0.5, 0.6) is 0 Å². The fourth-order valence-electron chi connectivity index (χ4n) is 2.42. The summed E-state index contributed by atoms with van der Waals surface area (Å²) >= 11 is 0. The van der Waals surface area contributed by atoms with E-state index in [0.29, 0.717) is 5.82 Å². The van der Waals surface area contributed by atoms with Crippen molar-refractivity contribution in [3.05, 3.63) is 59.9 Å². The number of benzene rings is 2. The molecule has 0 unspecified atom stereocenters. The number of rotatable bonds is 3. The van der Waals surface area contributed by atoms with Gasteiger partial charge in [0.15, 0.2) is 0 Å². The Bertz CT molecular complexity index is 907. The molecule has 0 spiro atoms.